The fourth-order valence-corrected chi connectivity index (χ4v) is 13.6. The Morgan fingerprint density at radius 1 is 0.387 bits per heavy atom. The summed E-state index contributed by atoms with van der Waals surface area (Å²) in [5, 5.41) is 4.73. The van der Waals surface area contributed by atoms with Crippen LogP contribution in [-0.2, 0) is 5.41 Å². The highest BCUT2D eigenvalue weighted by molar-refractivity contribution is 7.25. The number of furan rings is 1. The normalized spacial score (nSPS) is 12.9. The van der Waals surface area contributed by atoms with E-state index >= 15 is 0 Å². The molecule has 0 fully saturated rings. The van der Waals surface area contributed by atoms with Crippen LogP contribution in [0.25, 0.3) is 109 Å². The quantitative estimate of drug-likeness (QED) is 0.0758. The number of aryl methyl sites for hydroxylation is 2. The van der Waals surface area contributed by atoms with Gasteiger partial charge in [0.05, 0.1) is 11.4 Å². The van der Waals surface area contributed by atoms with Gasteiger partial charge in [-0.05, 0) is 126 Å². The molecule has 374 valence electrons. The Kier molecular flexibility index (Phi) is 13.8. The van der Waals surface area contributed by atoms with Gasteiger partial charge < -0.3 is 4.42 Å². The fourth-order valence-electron chi connectivity index (χ4n) is 12.5. The van der Waals surface area contributed by atoms with Gasteiger partial charge in [-0.1, -0.05) is 217 Å². The van der Waals surface area contributed by atoms with Gasteiger partial charge in [-0.3, -0.25) is 0 Å². The van der Waals surface area contributed by atoms with Crippen molar-refractivity contribution in [3.63, 3.8) is 0 Å². The Hall–Kier alpha value is -7.14. The summed E-state index contributed by atoms with van der Waals surface area (Å²) < 4.78 is 8.81. The van der Waals surface area contributed by atoms with Crippen molar-refractivity contribution in [2.45, 2.75) is 123 Å². The Balaban J connectivity index is 1.01. The average Bonchev–Trinajstić information content (AvgIpc) is 4.23. The molecular weight excluding hydrogens is 929 g/mol. The fraction of sp³-hybridized carbons (Fsp3) is 0.268. The number of hydrogen-bond acceptors (Lipinski definition) is 4. The molecule has 75 heavy (non-hydrogen) atoms. The van der Waals surface area contributed by atoms with E-state index in [0.717, 1.165) is 61.4 Å². The van der Waals surface area contributed by atoms with Crippen molar-refractivity contribution in [2.24, 2.45) is 0 Å². The summed E-state index contributed by atoms with van der Waals surface area (Å²) in [7, 11) is 0. The summed E-state index contributed by atoms with van der Waals surface area (Å²) in [6.07, 6.45) is 17.9. The molecule has 0 aliphatic heterocycles. The van der Waals surface area contributed by atoms with Gasteiger partial charge in [0.2, 0.25) is 0 Å². The van der Waals surface area contributed by atoms with Crippen LogP contribution in [0.5, 0.6) is 0 Å². The number of fused-ring (bicyclic) bond motifs is 9. The van der Waals surface area contributed by atoms with E-state index in [4.69, 9.17) is 14.4 Å². The number of nitrogens with zero attached hydrogens (tertiary/aromatic N) is 2. The maximum atomic E-state index is 6.36. The first-order valence-corrected chi connectivity index (χ1v) is 28.9. The van der Waals surface area contributed by atoms with Crippen molar-refractivity contribution in [3.05, 3.63) is 192 Å². The second-order valence-corrected chi connectivity index (χ2v) is 22.7. The van der Waals surface area contributed by atoms with Gasteiger partial charge in [0.25, 0.3) is 0 Å². The van der Waals surface area contributed by atoms with Crippen LogP contribution in [0.4, 0.5) is 0 Å². The standard InChI is InChI=1S/C71H68N2OS/c1-5-7-9-11-13-19-37-71(38-20-14-12-10-8-6-2)62-40-48(4)31-34-56(62)57-35-32-52(43-63(57)71)65-45-64(51-26-22-25-50(41-51)55-28-16-15-27-54(55)49-24-21-23-47(3)39-49)72-70(73-65)53-33-36-68-60(42-53)61-44-59-58-29-17-18-30-66(58)74-67(59)46-69(61)75-68/h15-18,21-36,39-46H,5-14,19-20,37-38H2,1-4H3. The second kappa shape index (κ2) is 21.2. The molecule has 1 aliphatic rings. The van der Waals surface area contributed by atoms with Crippen LogP contribution in [0, 0.1) is 13.8 Å². The number of hydrogen-bond donors (Lipinski definition) is 0. The van der Waals surface area contributed by atoms with Crippen LogP contribution >= 0.6 is 11.3 Å². The third kappa shape index (κ3) is 9.52. The molecule has 0 atom stereocenters. The molecule has 0 saturated carbocycles. The predicted molar refractivity (Wildman–Crippen MR) is 321 cm³/mol. The molecule has 0 bridgehead atoms. The van der Waals surface area contributed by atoms with E-state index in [1.54, 1.807) is 5.56 Å². The van der Waals surface area contributed by atoms with Crippen LogP contribution in [0.1, 0.15) is 126 Å². The summed E-state index contributed by atoms with van der Waals surface area (Å²) in [4.78, 5) is 11.2. The highest BCUT2D eigenvalue weighted by Crippen LogP contribution is 2.55. The van der Waals surface area contributed by atoms with Gasteiger partial charge in [0.1, 0.15) is 11.2 Å². The van der Waals surface area contributed by atoms with Gasteiger partial charge in [-0.25, -0.2) is 9.97 Å². The van der Waals surface area contributed by atoms with Crippen LogP contribution in [-0.4, -0.2) is 9.97 Å². The van der Waals surface area contributed by atoms with Crippen LogP contribution < -0.4 is 0 Å². The third-order valence-electron chi connectivity index (χ3n) is 16.4. The van der Waals surface area contributed by atoms with E-state index in [2.05, 4.69) is 191 Å². The molecule has 12 rings (SSSR count). The molecule has 0 amide bonds. The van der Waals surface area contributed by atoms with E-state index in [-0.39, 0.29) is 5.41 Å². The van der Waals surface area contributed by atoms with Gasteiger partial charge in [-0.15, -0.1) is 11.3 Å². The molecule has 8 aromatic carbocycles. The molecule has 3 heterocycles. The number of benzene rings is 8. The SMILES string of the molecule is CCCCCCCCC1(CCCCCCCC)c2cc(C)ccc2-c2ccc(-c3cc(-c4cccc(-c5ccccc5-c5cccc(C)c5)c4)nc(-c4ccc5sc6cc7oc8ccccc8c7cc6c5c4)n3)cc21. The van der Waals surface area contributed by atoms with Gasteiger partial charge in [-0.2, -0.15) is 0 Å². The number of para-hydroxylation sites is 1. The minimum Gasteiger partial charge on any atom is -0.456 e. The van der Waals surface area contributed by atoms with E-state index in [0.29, 0.717) is 0 Å². The molecule has 0 spiro atoms. The van der Waals surface area contributed by atoms with Crippen LogP contribution in [0.3, 0.4) is 0 Å². The van der Waals surface area contributed by atoms with E-state index in [1.807, 2.05) is 17.4 Å². The summed E-state index contributed by atoms with van der Waals surface area (Å²) in [6.45, 7) is 9.09. The molecule has 0 saturated heterocycles. The smallest absolute Gasteiger partial charge is 0.160 e. The predicted octanol–water partition coefficient (Wildman–Crippen LogP) is 21.5. The Bertz CT molecular complexity index is 3850. The zero-order chi connectivity index (χ0) is 50.9. The largest absolute Gasteiger partial charge is 0.456 e. The molecule has 4 heteroatoms. The maximum absolute atomic E-state index is 6.36. The van der Waals surface area contributed by atoms with Crippen molar-refractivity contribution < 1.29 is 4.42 Å². The average molecular weight is 997 g/mol. The lowest BCUT2D eigenvalue weighted by Crippen LogP contribution is -2.25. The number of aromatic nitrogens is 2. The van der Waals surface area contributed by atoms with E-state index < -0.39 is 0 Å². The highest BCUT2D eigenvalue weighted by Gasteiger charge is 2.42. The lowest BCUT2D eigenvalue weighted by Gasteiger charge is -2.33. The van der Waals surface area contributed by atoms with Crippen molar-refractivity contribution in [1.82, 2.24) is 9.97 Å². The molecule has 0 N–H and O–H groups in total. The zero-order valence-corrected chi connectivity index (χ0v) is 45.1. The molecular formula is C71H68N2OS. The zero-order valence-electron chi connectivity index (χ0n) is 44.3. The monoisotopic (exact) mass is 997 g/mol. The van der Waals surface area contributed by atoms with Crippen molar-refractivity contribution in [3.8, 4) is 67.3 Å². The minimum atomic E-state index is -0.0450. The van der Waals surface area contributed by atoms with E-state index in [9.17, 15) is 0 Å². The first-order valence-electron chi connectivity index (χ1n) is 28.1. The first kappa shape index (κ1) is 48.8. The summed E-state index contributed by atoms with van der Waals surface area (Å²) in [5.74, 6) is 0.731. The number of thiophene rings is 1. The van der Waals surface area contributed by atoms with Gasteiger partial charge >= 0.3 is 0 Å². The summed E-state index contributed by atoms with van der Waals surface area (Å²) in [6, 6.07) is 63.2. The lowest BCUT2D eigenvalue weighted by molar-refractivity contribution is 0.398. The summed E-state index contributed by atoms with van der Waals surface area (Å²) >= 11 is 1.82. The van der Waals surface area contributed by atoms with Gasteiger partial charge in [0.15, 0.2) is 5.82 Å². The topological polar surface area (TPSA) is 38.9 Å². The Labute approximate surface area is 447 Å². The van der Waals surface area contributed by atoms with Crippen molar-refractivity contribution >= 4 is 53.4 Å². The molecule has 11 aromatic rings. The van der Waals surface area contributed by atoms with Crippen LogP contribution in [0.15, 0.2) is 174 Å². The molecule has 0 radical (unpaired) electrons. The number of rotatable bonds is 19. The van der Waals surface area contributed by atoms with Crippen molar-refractivity contribution in [1.29, 1.82) is 0 Å². The number of unbranched alkanes of at least 4 members (excludes halogenated alkanes) is 10. The molecule has 1 aliphatic carbocycles. The second-order valence-electron chi connectivity index (χ2n) is 21.6. The maximum Gasteiger partial charge on any atom is 0.160 e. The van der Waals surface area contributed by atoms with Gasteiger partial charge in [0, 0.05) is 53.1 Å². The van der Waals surface area contributed by atoms with Crippen LogP contribution in [0.2, 0.25) is 0 Å². The summed E-state index contributed by atoms with van der Waals surface area (Å²) in [5.41, 5.74) is 20.1. The molecule has 3 nitrogen and oxygen atoms in total. The third-order valence-corrected chi connectivity index (χ3v) is 17.5. The minimum absolute atomic E-state index is 0.0450. The molecule has 0 unspecified atom stereocenters. The van der Waals surface area contributed by atoms with E-state index in [1.165, 1.54) is 155 Å². The Morgan fingerprint density at radius 2 is 0.973 bits per heavy atom. The molecule has 3 aromatic heterocycles. The first-order chi connectivity index (χ1) is 36.9. The lowest BCUT2D eigenvalue weighted by atomic mass is 9.70. The Morgan fingerprint density at radius 3 is 1.71 bits per heavy atom. The van der Waals surface area contributed by atoms with Crippen molar-refractivity contribution in [2.75, 3.05) is 0 Å². The highest BCUT2D eigenvalue weighted by atomic mass is 32.1.